The lowest BCUT2D eigenvalue weighted by Gasteiger charge is -2.03. The second-order valence-electron chi connectivity index (χ2n) is 3.95. The highest BCUT2D eigenvalue weighted by atomic mass is 79.9. The van der Waals surface area contributed by atoms with E-state index in [-0.39, 0.29) is 5.91 Å². The minimum absolute atomic E-state index is 0.262. The third kappa shape index (κ3) is 2.34. The van der Waals surface area contributed by atoms with E-state index in [4.69, 9.17) is 0 Å². The zero-order chi connectivity index (χ0) is 13.2. The molecule has 19 heavy (non-hydrogen) atoms. The summed E-state index contributed by atoms with van der Waals surface area (Å²) in [5.41, 5.74) is 1.84. The number of hydrogen-bond acceptors (Lipinski definition) is 3. The summed E-state index contributed by atoms with van der Waals surface area (Å²) in [5.74, 6) is -0.262. The highest BCUT2D eigenvalue weighted by Gasteiger charge is 2.14. The lowest BCUT2D eigenvalue weighted by molar-refractivity contribution is 0.102. The zero-order valence-electron chi connectivity index (χ0n) is 9.72. The predicted octanol–water partition coefficient (Wildman–Crippen LogP) is 2.97. The van der Waals surface area contributed by atoms with E-state index in [2.05, 4.69) is 36.4 Å². The minimum atomic E-state index is -0.262. The number of pyridine rings is 1. The van der Waals surface area contributed by atoms with Crippen LogP contribution in [0, 0.1) is 0 Å². The number of fused-ring (bicyclic) bond motifs is 1. The van der Waals surface area contributed by atoms with Crippen LogP contribution in [0.3, 0.4) is 0 Å². The molecule has 0 unspecified atom stereocenters. The Balaban J connectivity index is 1.90. The molecule has 2 heterocycles. The van der Waals surface area contributed by atoms with Crippen LogP contribution in [-0.2, 0) is 0 Å². The maximum atomic E-state index is 12.1. The third-order valence-electron chi connectivity index (χ3n) is 2.68. The molecule has 2 aromatic heterocycles. The third-order valence-corrected chi connectivity index (χ3v) is 3.21. The highest BCUT2D eigenvalue weighted by Crippen LogP contribution is 2.17. The molecule has 5 nitrogen and oxygen atoms in total. The van der Waals surface area contributed by atoms with Gasteiger partial charge in [-0.1, -0.05) is 15.9 Å². The minimum Gasteiger partial charge on any atom is -0.321 e. The van der Waals surface area contributed by atoms with Crippen molar-refractivity contribution in [2.24, 2.45) is 0 Å². The van der Waals surface area contributed by atoms with Crippen molar-refractivity contribution in [3.8, 4) is 0 Å². The molecule has 0 aliphatic carbocycles. The fourth-order valence-corrected chi connectivity index (χ4v) is 2.02. The Bertz CT molecular complexity index is 736. The molecule has 0 atom stereocenters. The van der Waals surface area contributed by atoms with Crippen LogP contribution in [0.1, 0.15) is 10.5 Å². The van der Waals surface area contributed by atoms with Gasteiger partial charge in [-0.25, -0.2) is 0 Å². The molecular weight excluding hydrogens is 308 g/mol. The fourth-order valence-electron chi connectivity index (χ4n) is 1.75. The quantitative estimate of drug-likeness (QED) is 0.763. The van der Waals surface area contributed by atoms with Gasteiger partial charge < -0.3 is 5.32 Å². The molecule has 0 bridgehead atoms. The second kappa shape index (κ2) is 4.81. The van der Waals surface area contributed by atoms with Crippen LogP contribution >= 0.6 is 15.9 Å². The van der Waals surface area contributed by atoms with Gasteiger partial charge in [-0.2, -0.15) is 5.10 Å². The van der Waals surface area contributed by atoms with E-state index in [1.165, 1.54) is 0 Å². The summed E-state index contributed by atoms with van der Waals surface area (Å²) >= 11 is 3.34. The highest BCUT2D eigenvalue weighted by molar-refractivity contribution is 9.10. The zero-order valence-corrected chi connectivity index (χ0v) is 11.3. The molecule has 0 aliphatic rings. The van der Waals surface area contributed by atoms with Crippen LogP contribution in [0.15, 0.2) is 47.2 Å². The van der Waals surface area contributed by atoms with Gasteiger partial charge in [0, 0.05) is 22.6 Å². The van der Waals surface area contributed by atoms with Crippen molar-refractivity contribution in [2.75, 3.05) is 5.32 Å². The smallest absolute Gasteiger partial charge is 0.276 e. The number of nitrogens with one attached hydrogen (secondary N) is 2. The normalized spacial score (nSPS) is 10.6. The van der Waals surface area contributed by atoms with Crippen LogP contribution in [-0.4, -0.2) is 21.1 Å². The number of hydrogen-bond donors (Lipinski definition) is 2. The molecular formula is C13H9BrN4O. The van der Waals surface area contributed by atoms with E-state index in [1.54, 1.807) is 18.5 Å². The Morgan fingerprint density at radius 1 is 1.21 bits per heavy atom. The molecule has 3 aromatic rings. The van der Waals surface area contributed by atoms with E-state index in [0.29, 0.717) is 16.8 Å². The number of carbonyl (C=O) groups excluding carboxylic acids is 1. The standard InChI is InChI=1S/C13H9BrN4O/c14-8-1-3-9(4-2-8)16-13(19)12-10-7-15-6-5-11(10)17-18-12/h1-7H,(H,16,19)(H,17,18). The molecule has 94 valence electrons. The topological polar surface area (TPSA) is 70.7 Å². The van der Waals surface area contributed by atoms with Crippen molar-refractivity contribution >= 4 is 38.4 Å². The van der Waals surface area contributed by atoms with Crippen molar-refractivity contribution in [1.29, 1.82) is 0 Å². The van der Waals surface area contributed by atoms with E-state index >= 15 is 0 Å². The molecule has 0 fully saturated rings. The Morgan fingerprint density at radius 2 is 2.00 bits per heavy atom. The van der Waals surface area contributed by atoms with Gasteiger partial charge in [-0.15, -0.1) is 0 Å². The van der Waals surface area contributed by atoms with E-state index in [0.717, 1.165) is 9.99 Å². The summed E-state index contributed by atoms with van der Waals surface area (Å²) in [6.07, 6.45) is 3.27. The van der Waals surface area contributed by atoms with Crippen molar-refractivity contribution < 1.29 is 4.79 Å². The predicted molar refractivity (Wildman–Crippen MR) is 76.0 cm³/mol. The number of nitrogens with zero attached hydrogens (tertiary/aromatic N) is 2. The summed E-state index contributed by atoms with van der Waals surface area (Å²) in [4.78, 5) is 16.1. The lowest BCUT2D eigenvalue weighted by Crippen LogP contribution is -2.12. The number of anilines is 1. The SMILES string of the molecule is O=C(Nc1ccc(Br)cc1)c1n[nH]c2ccncc12. The first-order valence-electron chi connectivity index (χ1n) is 5.59. The van der Waals surface area contributed by atoms with Crippen molar-refractivity contribution in [1.82, 2.24) is 15.2 Å². The number of carbonyl (C=O) groups is 1. The summed E-state index contributed by atoms with van der Waals surface area (Å²) in [7, 11) is 0. The largest absolute Gasteiger partial charge is 0.321 e. The Labute approximate surface area is 117 Å². The first kappa shape index (κ1) is 11.9. The molecule has 1 aromatic carbocycles. The van der Waals surface area contributed by atoms with E-state index in [9.17, 15) is 4.79 Å². The molecule has 0 spiro atoms. The van der Waals surface area contributed by atoms with Gasteiger partial charge in [0.1, 0.15) is 0 Å². The molecule has 0 radical (unpaired) electrons. The number of amides is 1. The lowest BCUT2D eigenvalue weighted by atomic mass is 10.2. The van der Waals surface area contributed by atoms with Crippen LogP contribution in [0.2, 0.25) is 0 Å². The van der Waals surface area contributed by atoms with Crippen LogP contribution < -0.4 is 5.32 Å². The van der Waals surface area contributed by atoms with E-state index < -0.39 is 0 Å². The van der Waals surface area contributed by atoms with Crippen molar-refractivity contribution in [2.45, 2.75) is 0 Å². The molecule has 0 aliphatic heterocycles. The molecule has 0 saturated heterocycles. The van der Waals surface area contributed by atoms with Gasteiger partial charge in [0.05, 0.1) is 10.9 Å². The van der Waals surface area contributed by atoms with Gasteiger partial charge in [0.25, 0.3) is 5.91 Å². The molecule has 3 rings (SSSR count). The Hall–Kier alpha value is -2.21. The van der Waals surface area contributed by atoms with Gasteiger partial charge in [0.15, 0.2) is 5.69 Å². The molecule has 0 saturated carbocycles. The average molecular weight is 317 g/mol. The van der Waals surface area contributed by atoms with Gasteiger partial charge in [-0.05, 0) is 30.3 Å². The summed E-state index contributed by atoms with van der Waals surface area (Å²) in [6.45, 7) is 0. The molecule has 1 amide bonds. The van der Waals surface area contributed by atoms with Gasteiger partial charge >= 0.3 is 0 Å². The number of rotatable bonds is 2. The second-order valence-corrected chi connectivity index (χ2v) is 4.87. The van der Waals surface area contributed by atoms with Crippen LogP contribution in [0.25, 0.3) is 10.9 Å². The first-order chi connectivity index (χ1) is 9.24. The number of H-pyrrole nitrogens is 1. The number of aromatic nitrogens is 3. The summed E-state index contributed by atoms with van der Waals surface area (Å²) in [5, 5.41) is 10.3. The van der Waals surface area contributed by atoms with Gasteiger partial charge in [0.2, 0.25) is 0 Å². The fraction of sp³-hybridized carbons (Fsp3) is 0. The summed E-state index contributed by atoms with van der Waals surface area (Å²) in [6, 6.07) is 9.13. The van der Waals surface area contributed by atoms with Gasteiger partial charge in [-0.3, -0.25) is 14.9 Å². The Morgan fingerprint density at radius 3 is 2.79 bits per heavy atom. The van der Waals surface area contributed by atoms with E-state index in [1.807, 2.05) is 24.3 Å². The van der Waals surface area contributed by atoms with Crippen LogP contribution in [0.4, 0.5) is 5.69 Å². The number of benzene rings is 1. The van der Waals surface area contributed by atoms with Crippen molar-refractivity contribution in [3.05, 3.63) is 52.9 Å². The number of aromatic amines is 1. The average Bonchev–Trinajstić information content (AvgIpc) is 2.85. The number of halogens is 1. The monoisotopic (exact) mass is 316 g/mol. The first-order valence-corrected chi connectivity index (χ1v) is 6.38. The van der Waals surface area contributed by atoms with Crippen molar-refractivity contribution in [3.63, 3.8) is 0 Å². The molecule has 2 N–H and O–H groups in total. The summed E-state index contributed by atoms with van der Waals surface area (Å²) < 4.78 is 0.958. The maximum Gasteiger partial charge on any atom is 0.276 e. The maximum absolute atomic E-state index is 12.1. The Kier molecular flexibility index (Phi) is 3.00. The molecule has 6 heteroatoms. The van der Waals surface area contributed by atoms with Crippen LogP contribution in [0.5, 0.6) is 0 Å².